The average molecular weight is 271 g/mol. The van der Waals surface area contributed by atoms with E-state index >= 15 is 0 Å². The molecule has 0 aromatic carbocycles. The molecule has 6 heteroatoms. The first-order valence-corrected chi connectivity index (χ1v) is 6.70. The minimum atomic E-state index is -0.489. The summed E-state index contributed by atoms with van der Waals surface area (Å²) in [5, 5.41) is 2.74. The van der Waals surface area contributed by atoms with Crippen LogP contribution in [0.4, 0.5) is 4.79 Å². The first-order chi connectivity index (χ1) is 8.69. The first kappa shape index (κ1) is 15.8. The maximum Gasteiger partial charge on any atom is 0.407 e. The molecule has 0 bridgehead atoms. The molecule has 2 atom stereocenters. The second kappa shape index (κ2) is 6.23. The molecule has 6 nitrogen and oxygen atoms in total. The van der Waals surface area contributed by atoms with Gasteiger partial charge in [0.15, 0.2) is 0 Å². The number of alkyl carbamates (subject to hydrolysis) is 1. The molecule has 0 saturated carbocycles. The second-order valence-corrected chi connectivity index (χ2v) is 6.11. The Morgan fingerprint density at radius 2 is 2.11 bits per heavy atom. The van der Waals surface area contributed by atoms with Crippen LogP contribution in [0.5, 0.6) is 0 Å². The van der Waals surface area contributed by atoms with Crippen LogP contribution >= 0.6 is 0 Å². The largest absolute Gasteiger partial charge is 0.444 e. The van der Waals surface area contributed by atoms with Crippen molar-refractivity contribution in [1.29, 1.82) is 0 Å². The number of carbonyl (C=O) groups excluding carboxylic acids is 2. The molecule has 1 rings (SSSR count). The predicted octanol–water partition coefficient (Wildman–Crippen LogP) is 0.707. The summed E-state index contributed by atoms with van der Waals surface area (Å²) >= 11 is 0. The van der Waals surface area contributed by atoms with Crippen molar-refractivity contribution in [3.8, 4) is 0 Å². The minimum Gasteiger partial charge on any atom is -0.444 e. The van der Waals surface area contributed by atoms with Crippen molar-refractivity contribution < 1.29 is 14.3 Å². The SMILES string of the molecule is C[C@H](N)C(=O)N1CCC(CNC(=O)OC(C)(C)C)C1. The highest BCUT2D eigenvalue weighted by atomic mass is 16.6. The number of ether oxygens (including phenoxy) is 1. The Morgan fingerprint density at radius 1 is 1.47 bits per heavy atom. The fourth-order valence-corrected chi connectivity index (χ4v) is 2.03. The van der Waals surface area contributed by atoms with Crippen LogP contribution in [-0.2, 0) is 9.53 Å². The highest BCUT2D eigenvalue weighted by Gasteiger charge is 2.28. The van der Waals surface area contributed by atoms with E-state index in [1.54, 1.807) is 11.8 Å². The van der Waals surface area contributed by atoms with E-state index in [0.717, 1.165) is 6.42 Å². The Kier molecular flexibility index (Phi) is 5.17. The van der Waals surface area contributed by atoms with Gasteiger partial charge in [-0.3, -0.25) is 4.79 Å². The van der Waals surface area contributed by atoms with Crippen LogP contribution in [0.3, 0.4) is 0 Å². The molecular weight excluding hydrogens is 246 g/mol. The van der Waals surface area contributed by atoms with Gasteiger partial charge in [-0.05, 0) is 40.0 Å². The number of hydrogen-bond acceptors (Lipinski definition) is 4. The van der Waals surface area contributed by atoms with Gasteiger partial charge in [0.1, 0.15) is 5.60 Å². The number of nitrogens with zero attached hydrogens (tertiary/aromatic N) is 1. The van der Waals surface area contributed by atoms with Crippen LogP contribution < -0.4 is 11.1 Å². The summed E-state index contributed by atoms with van der Waals surface area (Å²) in [6, 6.07) is -0.461. The summed E-state index contributed by atoms with van der Waals surface area (Å²) in [6.45, 7) is 9.05. The standard InChI is InChI=1S/C13H25N3O3/c1-9(14)11(17)16-6-5-10(8-16)7-15-12(18)19-13(2,3)4/h9-10H,5-8,14H2,1-4H3,(H,15,18)/t9-,10?/m0/s1. The van der Waals surface area contributed by atoms with E-state index in [4.69, 9.17) is 10.5 Å². The van der Waals surface area contributed by atoms with Gasteiger partial charge < -0.3 is 20.7 Å². The van der Waals surface area contributed by atoms with Gasteiger partial charge in [0.25, 0.3) is 0 Å². The highest BCUT2D eigenvalue weighted by molar-refractivity contribution is 5.81. The Balaban J connectivity index is 2.30. The quantitative estimate of drug-likeness (QED) is 0.791. The molecule has 1 saturated heterocycles. The van der Waals surface area contributed by atoms with Gasteiger partial charge >= 0.3 is 6.09 Å². The Morgan fingerprint density at radius 3 is 2.63 bits per heavy atom. The number of carbonyl (C=O) groups is 2. The van der Waals surface area contributed by atoms with Gasteiger partial charge in [0, 0.05) is 19.6 Å². The number of nitrogens with two attached hydrogens (primary N) is 1. The molecule has 0 aromatic heterocycles. The Bertz CT molecular complexity index is 337. The van der Waals surface area contributed by atoms with Crippen LogP contribution in [-0.4, -0.2) is 48.2 Å². The van der Waals surface area contributed by atoms with Crippen LogP contribution in [0, 0.1) is 5.92 Å². The summed E-state index contributed by atoms with van der Waals surface area (Å²) in [4.78, 5) is 25.0. The summed E-state index contributed by atoms with van der Waals surface area (Å²) in [5.74, 6) is 0.245. The van der Waals surface area contributed by atoms with Gasteiger partial charge in [0.05, 0.1) is 6.04 Å². The lowest BCUT2D eigenvalue weighted by Gasteiger charge is -2.21. The number of likely N-dealkylation sites (tertiary alicyclic amines) is 1. The van der Waals surface area contributed by atoms with E-state index in [2.05, 4.69) is 5.32 Å². The Labute approximate surface area is 114 Å². The fourth-order valence-electron chi connectivity index (χ4n) is 2.03. The van der Waals surface area contributed by atoms with Crippen molar-refractivity contribution in [2.45, 2.75) is 45.8 Å². The molecule has 1 unspecified atom stereocenters. The minimum absolute atomic E-state index is 0.0280. The number of rotatable bonds is 3. The van der Waals surface area contributed by atoms with Gasteiger partial charge in [-0.1, -0.05) is 0 Å². The molecule has 0 aromatic rings. The molecule has 1 aliphatic rings. The van der Waals surface area contributed by atoms with Gasteiger partial charge in [-0.25, -0.2) is 4.79 Å². The summed E-state index contributed by atoms with van der Waals surface area (Å²) in [6.07, 6.45) is 0.471. The third kappa shape index (κ3) is 5.46. The normalized spacial score (nSPS) is 21.1. The highest BCUT2D eigenvalue weighted by Crippen LogP contribution is 2.16. The summed E-state index contributed by atoms with van der Waals surface area (Å²) < 4.78 is 5.16. The fraction of sp³-hybridized carbons (Fsp3) is 0.846. The zero-order chi connectivity index (χ0) is 14.6. The molecule has 1 fully saturated rings. The van der Waals surface area contributed by atoms with E-state index in [9.17, 15) is 9.59 Å². The van der Waals surface area contributed by atoms with Gasteiger partial charge in [0.2, 0.25) is 5.91 Å². The number of amides is 2. The summed E-state index contributed by atoms with van der Waals surface area (Å²) in [5.41, 5.74) is 5.08. The lowest BCUT2D eigenvalue weighted by molar-refractivity contribution is -0.131. The molecule has 19 heavy (non-hydrogen) atoms. The van der Waals surface area contributed by atoms with Crippen LogP contribution in [0.25, 0.3) is 0 Å². The predicted molar refractivity (Wildman–Crippen MR) is 72.6 cm³/mol. The van der Waals surface area contributed by atoms with Gasteiger partial charge in [-0.2, -0.15) is 0 Å². The molecule has 1 aliphatic heterocycles. The molecular formula is C13H25N3O3. The third-order valence-electron chi connectivity index (χ3n) is 2.92. The lowest BCUT2D eigenvalue weighted by Crippen LogP contribution is -2.41. The average Bonchev–Trinajstić information content (AvgIpc) is 2.71. The molecule has 0 spiro atoms. The molecule has 2 amide bonds. The zero-order valence-corrected chi connectivity index (χ0v) is 12.2. The lowest BCUT2D eigenvalue weighted by atomic mass is 10.1. The van der Waals surface area contributed by atoms with Crippen molar-refractivity contribution in [3.05, 3.63) is 0 Å². The third-order valence-corrected chi connectivity index (χ3v) is 2.92. The second-order valence-electron chi connectivity index (χ2n) is 6.11. The van der Waals surface area contributed by atoms with E-state index in [1.165, 1.54) is 0 Å². The Hall–Kier alpha value is -1.30. The molecule has 1 heterocycles. The van der Waals surface area contributed by atoms with Crippen LogP contribution in [0.15, 0.2) is 0 Å². The van der Waals surface area contributed by atoms with Crippen LogP contribution in [0.2, 0.25) is 0 Å². The molecule has 0 radical (unpaired) electrons. The van der Waals surface area contributed by atoms with Crippen molar-refractivity contribution in [3.63, 3.8) is 0 Å². The molecule has 0 aliphatic carbocycles. The first-order valence-electron chi connectivity index (χ1n) is 6.70. The molecule has 3 N–H and O–H groups in total. The van der Waals surface area contributed by atoms with E-state index in [1.807, 2.05) is 20.8 Å². The van der Waals surface area contributed by atoms with Crippen molar-refractivity contribution in [2.24, 2.45) is 11.7 Å². The smallest absolute Gasteiger partial charge is 0.407 e. The summed E-state index contributed by atoms with van der Waals surface area (Å²) in [7, 11) is 0. The van der Waals surface area contributed by atoms with Crippen LogP contribution in [0.1, 0.15) is 34.1 Å². The van der Waals surface area contributed by atoms with Crippen molar-refractivity contribution in [2.75, 3.05) is 19.6 Å². The topological polar surface area (TPSA) is 84.7 Å². The van der Waals surface area contributed by atoms with E-state index in [0.29, 0.717) is 19.6 Å². The number of hydrogen-bond donors (Lipinski definition) is 2. The monoisotopic (exact) mass is 271 g/mol. The van der Waals surface area contributed by atoms with E-state index < -0.39 is 17.7 Å². The maximum absolute atomic E-state index is 11.7. The zero-order valence-electron chi connectivity index (χ0n) is 12.2. The van der Waals surface area contributed by atoms with E-state index in [-0.39, 0.29) is 11.8 Å². The molecule has 110 valence electrons. The van der Waals surface area contributed by atoms with Crippen molar-refractivity contribution >= 4 is 12.0 Å². The van der Waals surface area contributed by atoms with Crippen molar-refractivity contribution in [1.82, 2.24) is 10.2 Å². The van der Waals surface area contributed by atoms with Gasteiger partial charge in [-0.15, -0.1) is 0 Å². The number of nitrogens with one attached hydrogen (secondary N) is 1. The maximum atomic E-state index is 11.7.